The van der Waals surface area contributed by atoms with Gasteiger partial charge in [0.15, 0.2) is 0 Å². The van der Waals surface area contributed by atoms with Crippen molar-refractivity contribution in [3.8, 4) is 5.69 Å². The van der Waals surface area contributed by atoms with Crippen molar-refractivity contribution in [1.82, 2.24) is 19.5 Å². The average molecular weight is 501 g/mol. The van der Waals surface area contributed by atoms with Gasteiger partial charge in [0.1, 0.15) is 12.5 Å². The van der Waals surface area contributed by atoms with Crippen molar-refractivity contribution in [1.29, 1.82) is 0 Å². The molecule has 4 aromatic rings. The number of benzene rings is 2. The number of alkyl halides is 1. The third kappa shape index (κ3) is 4.58. The molecule has 0 saturated heterocycles. The predicted molar refractivity (Wildman–Crippen MR) is 139 cm³/mol. The molecule has 2 aromatic heterocycles. The van der Waals surface area contributed by atoms with Crippen molar-refractivity contribution in [2.75, 3.05) is 27.9 Å². The molecule has 188 valence electrons. The number of rotatable bonds is 5. The zero-order valence-corrected chi connectivity index (χ0v) is 20.6. The van der Waals surface area contributed by atoms with Crippen LogP contribution in [0.2, 0.25) is 0 Å². The summed E-state index contributed by atoms with van der Waals surface area (Å²) in [5, 5.41) is 2.87. The molecule has 0 spiro atoms. The average Bonchev–Trinajstić information content (AvgIpc) is 3.33. The van der Waals surface area contributed by atoms with E-state index in [9.17, 15) is 14.0 Å². The molecule has 0 fully saturated rings. The number of imidazole rings is 1. The SMILES string of the molecule is Cc1cn(-c2cc(CF)cc(C(=O)Nc3ccc(C)c(N4Cc5cnc(N)nc5N(C)C4=O)c3)c2)cn1. The number of halogens is 1. The number of amides is 3. The number of nitrogens with zero attached hydrogens (tertiary/aromatic N) is 6. The van der Waals surface area contributed by atoms with Crippen molar-refractivity contribution < 1.29 is 14.0 Å². The first-order valence-corrected chi connectivity index (χ1v) is 11.5. The van der Waals surface area contributed by atoms with Crippen LogP contribution in [0.15, 0.2) is 55.1 Å². The van der Waals surface area contributed by atoms with Crippen LogP contribution >= 0.6 is 0 Å². The lowest BCUT2D eigenvalue weighted by Crippen LogP contribution is -2.46. The molecule has 2 aromatic carbocycles. The Morgan fingerprint density at radius 1 is 1.16 bits per heavy atom. The second-order valence-electron chi connectivity index (χ2n) is 8.90. The van der Waals surface area contributed by atoms with Gasteiger partial charge in [-0.2, -0.15) is 4.98 Å². The second kappa shape index (κ2) is 9.34. The van der Waals surface area contributed by atoms with Crippen LogP contribution in [0.25, 0.3) is 5.69 Å². The summed E-state index contributed by atoms with van der Waals surface area (Å²) in [5.41, 5.74) is 10.5. The summed E-state index contributed by atoms with van der Waals surface area (Å²) < 4.78 is 15.3. The van der Waals surface area contributed by atoms with Crippen LogP contribution < -0.4 is 20.9 Å². The molecular weight excluding hydrogens is 475 g/mol. The van der Waals surface area contributed by atoms with E-state index in [1.165, 1.54) is 11.0 Å². The monoisotopic (exact) mass is 500 g/mol. The molecule has 1 aliphatic heterocycles. The van der Waals surface area contributed by atoms with Crippen LogP contribution in [-0.4, -0.2) is 38.5 Å². The Bertz CT molecular complexity index is 1530. The first-order valence-electron chi connectivity index (χ1n) is 11.5. The normalized spacial score (nSPS) is 13.0. The summed E-state index contributed by atoms with van der Waals surface area (Å²) >= 11 is 0. The molecule has 0 bridgehead atoms. The number of nitrogens with two attached hydrogens (primary N) is 1. The van der Waals surface area contributed by atoms with Crippen LogP contribution in [0.4, 0.5) is 32.3 Å². The van der Waals surface area contributed by atoms with Gasteiger partial charge in [-0.05, 0) is 55.3 Å². The van der Waals surface area contributed by atoms with Crippen LogP contribution in [0.3, 0.4) is 0 Å². The fourth-order valence-electron chi connectivity index (χ4n) is 4.29. The summed E-state index contributed by atoms with van der Waals surface area (Å²) in [6.45, 7) is 3.28. The van der Waals surface area contributed by atoms with Gasteiger partial charge in [0.05, 0.1) is 24.3 Å². The predicted octanol–water partition coefficient (Wildman–Crippen LogP) is 4.16. The van der Waals surface area contributed by atoms with E-state index >= 15 is 0 Å². The maximum atomic E-state index is 13.6. The van der Waals surface area contributed by atoms with Crippen molar-refractivity contribution in [3.63, 3.8) is 0 Å². The van der Waals surface area contributed by atoms with Crippen LogP contribution in [0, 0.1) is 13.8 Å². The van der Waals surface area contributed by atoms with Crippen molar-refractivity contribution in [2.24, 2.45) is 0 Å². The zero-order chi connectivity index (χ0) is 26.3. The number of nitrogen functional groups attached to an aromatic ring is 1. The number of hydrogen-bond acceptors (Lipinski definition) is 6. The molecular formula is C26H25FN8O2. The standard InChI is InChI=1S/C26H25FN8O2/c1-15-4-5-20(9-22(15)35-13-19-11-29-25(28)32-23(19)33(3)26(35)37)31-24(36)18-6-17(10-27)7-21(8-18)34-12-16(2)30-14-34/h4-9,11-12,14H,10,13H2,1-3H3,(H,31,36)(H2,28,29,32). The fraction of sp³-hybridized carbons (Fsp3) is 0.192. The van der Waals surface area contributed by atoms with Crippen molar-refractivity contribution in [2.45, 2.75) is 27.1 Å². The summed E-state index contributed by atoms with van der Waals surface area (Å²) in [6.07, 6.45) is 5.02. The largest absolute Gasteiger partial charge is 0.368 e. The Kier molecular flexibility index (Phi) is 6.04. The van der Waals surface area contributed by atoms with E-state index in [4.69, 9.17) is 5.73 Å². The highest BCUT2D eigenvalue weighted by atomic mass is 19.1. The number of carbonyl (C=O) groups is 2. The Morgan fingerprint density at radius 2 is 1.97 bits per heavy atom. The molecule has 0 aliphatic carbocycles. The number of carbonyl (C=O) groups excluding carboxylic acids is 2. The van der Waals surface area contributed by atoms with Gasteiger partial charge in [-0.25, -0.2) is 19.2 Å². The zero-order valence-electron chi connectivity index (χ0n) is 20.6. The highest BCUT2D eigenvalue weighted by molar-refractivity contribution is 6.07. The lowest BCUT2D eigenvalue weighted by molar-refractivity contribution is 0.102. The van der Waals surface area contributed by atoms with E-state index < -0.39 is 12.6 Å². The van der Waals surface area contributed by atoms with Crippen molar-refractivity contribution in [3.05, 3.63) is 83.1 Å². The number of nitrogens with one attached hydrogen (secondary N) is 1. The highest BCUT2D eigenvalue weighted by Crippen LogP contribution is 2.33. The minimum absolute atomic E-state index is 0.0934. The number of fused-ring (bicyclic) bond motifs is 1. The van der Waals surface area contributed by atoms with Crippen LogP contribution in [-0.2, 0) is 13.2 Å². The number of urea groups is 1. The maximum absolute atomic E-state index is 13.6. The fourth-order valence-corrected chi connectivity index (χ4v) is 4.29. The lowest BCUT2D eigenvalue weighted by atomic mass is 10.1. The van der Waals surface area contributed by atoms with E-state index in [1.807, 2.05) is 19.9 Å². The van der Waals surface area contributed by atoms with Crippen LogP contribution in [0.1, 0.15) is 32.7 Å². The Labute approximate surface area is 212 Å². The summed E-state index contributed by atoms with van der Waals surface area (Å²) in [6, 6.07) is 9.90. The smallest absolute Gasteiger partial charge is 0.330 e. The molecule has 3 amide bonds. The van der Waals surface area contributed by atoms with E-state index in [0.717, 1.165) is 16.8 Å². The topological polar surface area (TPSA) is 122 Å². The molecule has 11 heteroatoms. The quantitative estimate of drug-likeness (QED) is 0.424. The lowest BCUT2D eigenvalue weighted by Gasteiger charge is -2.34. The van der Waals surface area contributed by atoms with Gasteiger partial charge in [-0.1, -0.05) is 6.07 Å². The van der Waals surface area contributed by atoms with E-state index in [1.54, 1.807) is 59.5 Å². The summed E-state index contributed by atoms with van der Waals surface area (Å²) in [4.78, 5) is 41.8. The number of aromatic nitrogens is 4. The number of aryl methyl sites for hydroxylation is 2. The minimum Gasteiger partial charge on any atom is -0.368 e. The molecule has 5 rings (SSSR count). The van der Waals surface area contributed by atoms with Gasteiger partial charge >= 0.3 is 6.03 Å². The van der Waals surface area contributed by atoms with Gasteiger partial charge in [0.2, 0.25) is 5.95 Å². The molecule has 0 saturated carbocycles. The van der Waals surface area contributed by atoms with Gasteiger partial charge in [0, 0.05) is 41.9 Å². The molecule has 0 atom stereocenters. The molecule has 3 heterocycles. The van der Waals surface area contributed by atoms with Gasteiger partial charge < -0.3 is 15.6 Å². The minimum atomic E-state index is -0.710. The first kappa shape index (κ1) is 23.9. The second-order valence-corrected chi connectivity index (χ2v) is 8.90. The van der Waals surface area contributed by atoms with Gasteiger partial charge in [-0.15, -0.1) is 0 Å². The van der Waals surface area contributed by atoms with Crippen LogP contribution in [0.5, 0.6) is 0 Å². The highest BCUT2D eigenvalue weighted by Gasteiger charge is 2.31. The molecule has 10 nitrogen and oxygen atoms in total. The van der Waals surface area contributed by atoms with Gasteiger partial charge in [0.25, 0.3) is 5.91 Å². The van der Waals surface area contributed by atoms with E-state index in [2.05, 4.69) is 20.3 Å². The number of hydrogen-bond donors (Lipinski definition) is 2. The first-order chi connectivity index (χ1) is 17.7. The molecule has 0 radical (unpaired) electrons. The van der Waals surface area contributed by atoms with Crippen molar-refractivity contribution >= 4 is 35.1 Å². The maximum Gasteiger partial charge on any atom is 0.330 e. The summed E-state index contributed by atoms with van der Waals surface area (Å²) in [7, 11) is 1.62. The van der Waals surface area contributed by atoms with E-state index in [-0.39, 0.29) is 18.5 Å². The molecule has 37 heavy (non-hydrogen) atoms. The Balaban J connectivity index is 1.44. The Morgan fingerprint density at radius 3 is 2.70 bits per heavy atom. The third-order valence-corrected chi connectivity index (χ3v) is 6.19. The Hall–Kier alpha value is -4.80. The third-order valence-electron chi connectivity index (χ3n) is 6.19. The summed E-state index contributed by atoms with van der Waals surface area (Å²) in [5.74, 6) is 0.155. The number of anilines is 4. The van der Waals surface area contributed by atoms with E-state index in [0.29, 0.717) is 34.0 Å². The molecule has 1 aliphatic rings. The van der Waals surface area contributed by atoms with Gasteiger partial charge in [-0.3, -0.25) is 14.6 Å². The molecule has 0 unspecified atom stereocenters. The molecule has 3 N–H and O–H groups in total.